The molecule has 25 heavy (non-hydrogen) atoms. The van der Waals surface area contributed by atoms with E-state index in [1.165, 1.54) is 18.7 Å². The lowest BCUT2D eigenvalue weighted by Gasteiger charge is -2.34. The molecular weight excluding hydrogens is 321 g/mol. The molecule has 0 spiro atoms. The first-order valence-electron chi connectivity index (χ1n) is 8.37. The van der Waals surface area contributed by atoms with Gasteiger partial charge in [-0.05, 0) is 35.4 Å². The average molecular weight is 343 g/mol. The van der Waals surface area contributed by atoms with Gasteiger partial charge in [0, 0.05) is 45.1 Å². The van der Waals surface area contributed by atoms with E-state index in [-0.39, 0.29) is 18.1 Å². The molecule has 3 rings (SSSR count). The normalized spacial score (nSPS) is 15.2. The molecule has 5 nitrogen and oxygen atoms in total. The lowest BCUT2D eigenvalue weighted by Crippen LogP contribution is -2.48. The Bertz CT molecular complexity index is 716. The second-order valence-corrected chi connectivity index (χ2v) is 6.16. The Balaban J connectivity index is 1.50. The van der Waals surface area contributed by atoms with Crippen molar-refractivity contribution in [2.24, 2.45) is 0 Å². The third-order valence-electron chi connectivity index (χ3n) is 4.45. The highest BCUT2D eigenvalue weighted by molar-refractivity contribution is 5.79. The summed E-state index contributed by atoms with van der Waals surface area (Å²) in [4.78, 5) is 20.6. The first-order valence-corrected chi connectivity index (χ1v) is 8.37. The molecule has 1 aliphatic heterocycles. The van der Waals surface area contributed by atoms with Crippen molar-refractivity contribution in [3.8, 4) is 5.75 Å². The van der Waals surface area contributed by atoms with Crippen LogP contribution in [-0.2, 0) is 17.8 Å². The molecule has 1 aromatic carbocycles. The fourth-order valence-electron chi connectivity index (χ4n) is 3.01. The van der Waals surface area contributed by atoms with Crippen molar-refractivity contribution < 1.29 is 13.9 Å². The van der Waals surface area contributed by atoms with Crippen molar-refractivity contribution >= 4 is 5.91 Å². The number of piperazine rings is 1. The Morgan fingerprint density at radius 1 is 1.12 bits per heavy atom. The van der Waals surface area contributed by atoms with E-state index in [1.807, 2.05) is 17.0 Å². The minimum absolute atomic E-state index is 0.0353. The standard InChI is InChI=1S/C19H22FN3O2/c1-25-18-3-2-16(12-17(18)20)13-19(24)23-10-8-22(9-11-23)14-15-4-6-21-7-5-15/h2-7,12H,8-11,13-14H2,1H3. The van der Waals surface area contributed by atoms with E-state index in [9.17, 15) is 9.18 Å². The summed E-state index contributed by atoms with van der Waals surface area (Å²) in [5.41, 5.74) is 1.89. The number of carbonyl (C=O) groups excluding carboxylic acids is 1. The number of benzene rings is 1. The zero-order chi connectivity index (χ0) is 17.6. The summed E-state index contributed by atoms with van der Waals surface area (Å²) in [6.45, 7) is 3.94. The molecule has 132 valence electrons. The lowest BCUT2D eigenvalue weighted by atomic mass is 10.1. The number of pyridine rings is 1. The van der Waals surface area contributed by atoms with E-state index in [2.05, 4.69) is 9.88 Å². The molecule has 1 aliphatic rings. The summed E-state index contributed by atoms with van der Waals surface area (Å²) >= 11 is 0. The number of methoxy groups -OCH3 is 1. The molecule has 1 aromatic heterocycles. The van der Waals surface area contributed by atoms with E-state index in [0.29, 0.717) is 18.7 Å². The number of carbonyl (C=O) groups is 1. The monoisotopic (exact) mass is 343 g/mol. The van der Waals surface area contributed by atoms with Gasteiger partial charge in [0.1, 0.15) is 0 Å². The highest BCUT2D eigenvalue weighted by atomic mass is 19.1. The van der Waals surface area contributed by atoms with Crippen molar-refractivity contribution in [3.05, 3.63) is 59.7 Å². The number of amides is 1. The third-order valence-corrected chi connectivity index (χ3v) is 4.45. The smallest absolute Gasteiger partial charge is 0.227 e. The fourth-order valence-corrected chi connectivity index (χ4v) is 3.01. The largest absolute Gasteiger partial charge is 0.494 e. The fraction of sp³-hybridized carbons (Fsp3) is 0.368. The number of nitrogens with zero attached hydrogens (tertiary/aromatic N) is 3. The molecule has 0 saturated carbocycles. The molecule has 2 aromatic rings. The SMILES string of the molecule is COc1ccc(CC(=O)N2CCN(Cc3ccncc3)CC2)cc1F. The molecule has 0 radical (unpaired) electrons. The van der Waals surface area contributed by atoms with Crippen molar-refractivity contribution in [2.75, 3.05) is 33.3 Å². The summed E-state index contributed by atoms with van der Waals surface area (Å²) in [6, 6.07) is 8.69. The molecule has 2 heterocycles. The van der Waals surface area contributed by atoms with Gasteiger partial charge in [-0.3, -0.25) is 14.7 Å². The van der Waals surface area contributed by atoms with Gasteiger partial charge in [-0.2, -0.15) is 0 Å². The van der Waals surface area contributed by atoms with Crippen LogP contribution in [0.4, 0.5) is 4.39 Å². The number of hydrogen-bond donors (Lipinski definition) is 0. The van der Waals surface area contributed by atoms with Gasteiger partial charge in [-0.1, -0.05) is 6.07 Å². The van der Waals surface area contributed by atoms with Gasteiger partial charge in [0.25, 0.3) is 0 Å². The second-order valence-electron chi connectivity index (χ2n) is 6.16. The summed E-state index contributed by atoms with van der Waals surface area (Å²) in [7, 11) is 1.43. The van der Waals surface area contributed by atoms with Crippen molar-refractivity contribution in [1.82, 2.24) is 14.8 Å². The minimum Gasteiger partial charge on any atom is -0.494 e. The van der Waals surface area contributed by atoms with Crippen LogP contribution in [0.25, 0.3) is 0 Å². The number of halogens is 1. The van der Waals surface area contributed by atoms with Gasteiger partial charge in [0.05, 0.1) is 13.5 Å². The minimum atomic E-state index is -0.435. The Morgan fingerprint density at radius 2 is 1.84 bits per heavy atom. The molecule has 0 unspecified atom stereocenters. The molecule has 0 aliphatic carbocycles. The summed E-state index contributed by atoms with van der Waals surface area (Å²) in [6.07, 6.45) is 3.80. The number of hydrogen-bond acceptors (Lipinski definition) is 4. The predicted octanol–water partition coefficient (Wildman–Crippen LogP) is 2.12. The Hall–Kier alpha value is -2.47. The maximum Gasteiger partial charge on any atom is 0.227 e. The van der Waals surface area contributed by atoms with Crippen LogP contribution < -0.4 is 4.74 Å². The average Bonchev–Trinajstić information content (AvgIpc) is 2.63. The number of ether oxygens (including phenoxy) is 1. The molecule has 1 fully saturated rings. The maximum absolute atomic E-state index is 13.7. The van der Waals surface area contributed by atoms with Gasteiger partial charge in [-0.15, -0.1) is 0 Å². The Kier molecular flexibility index (Phi) is 5.60. The molecule has 1 saturated heterocycles. The molecule has 6 heteroatoms. The molecular formula is C19H22FN3O2. The van der Waals surface area contributed by atoms with Crippen LogP contribution in [0.2, 0.25) is 0 Å². The van der Waals surface area contributed by atoms with Crippen LogP contribution in [0.15, 0.2) is 42.7 Å². The highest BCUT2D eigenvalue weighted by Gasteiger charge is 2.21. The number of rotatable bonds is 5. The van der Waals surface area contributed by atoms with Gasteiger partial charge in [-0.25, -0.2) is 4.39 Å². The first-order chi connectivity index (χ1) is 12.2. The third kappa shape index (κ3) is 4.54. The Labute approximate surface area is 147 Å². The predicted molar refractivity (Wildman–Crippen MR) is 92.8 cm³/mol. The molecule has 0 bridgehead atoms. The Morgan fingerprint density at radius 3 is 2.48 bits per heavy atom. The number of aromatic nitrogens is 1. The van der Waals surface area contributed by atoms with E-state index >= 15 is 0 Å². The topological polar surface area (TPSA) is 45.7 Å². The zero-order valence-corrected chi connectivity index (χ0v) is 14.3. The molecule has 1 amide bonds. The van der Waals surface area contributed by atoms with Crippen LogP contribution in [0.3, 0.4) is 0 Å². The lowest BCUT2D eigenvalue weighted by molar-refractivity contribution is -0.132. The maximum atomic E-state index is 13.7. The van der Waals surface area contributed by atoms with Crippen LogP contribution >= 0.6 is 0 Å². The summed E-state index contributed by atoms with van der Waals surface area (Å²) < 4.78 is 18.6. The van der Waals surface area contributed by atoms with Crippen LogP contribution in [0.1, 0.15) is 11.1 Å². The first kappa shape index (κ1) is 17.4. The molecule has 0 atom stereocenters. The second kappa shape index (κ2) is 8.07. The summed E-state index contributed by atoms with van der Waals surface area (Å²) in [5, 5.41) is 0. The quantitative estimate of drug-likeness (QED) is 0.834. The summed E-state index contributed by atoms with van der Waals surface area (Å²) in [5.74, 6) is -0.205. The molecule has 0 N–H and O–H groups in total. The van der Waals surface area contributed by atoms with Crippen molar-refractivity contribution in [2.45, 2.75) is 13.0 Å². The van der Waals surface area contributed by atoms with Gasteiger partial charge < -0.3 is 9.64 Å². The zero-order valence-electron chi connectivity index (χ0n) is 14.3. The van der Waals surface area contributed by atoms with E-state index in [1.54, 1.807) is 24.5 Å². The van der Waals surface area contributed by atoms with Crippen LogP contribution in [0.5, 0.6) is 5.75 Å². The van der Waals surface area contributed by atoms with Crippen molar-refractivity contribution in [3.63, 3.8) is 0 Å². The highest BCUT2D eigenvalue weighted by Crippen LogP contribution is 2.18. The van der Waals surface area contributed by atoms with Gasteiger partial charge in [0.15, 0.2) is 11.6 Å². The van der Waals surface area contributed by atoms with Gasteiger partial charge >= 0.3 is 0 Å². The van der Waals surface area contributed by atoms with Crippen LogP contribution in [0, 0.1) is 5.82 Å². The van der Waals surface area contributed by atoms with Crippen molar-refractivity contribution in [1.29, 1.82) is 0 Å². The van der Waals surface area contributed by atoms with E-state index in [0.717, 1.165) is 19.6 Å². The van der Waals surface area contributed by atoms with E-state index < -0.39 is 5.82 Å². The van der Waals surface area contributed by atoms with E-state index in [4.69, 9.17) is 4.74 Å². The van der Waals surface area contributed by atoms with Gasteiger partial charge in [0.2, 0.25) is 5.91 Å². The van der Waals surface area contributed by atoms with Crippen LogP contribution in [-0.4, -0.2) is 54.0 Å².